The van der Waals surface area contributed by atoms with Crippen LogP contribution in [0.25, 0.3) is 16.6 Å². The number of alkyl halides is 2. The van der Waals surface area contributed by atoms with E-state index in [2.05, 4.69) is 20.1 Å². The van der Waals surface area contributed by atoms with Crippen LogP contribution in [0.4, 0.5) is 14.6 Å². The van der Waals surface area contributed by atoms with Gasteiger partial charge in [-0.3, -0.25) is 9.78 Å². The zero-order valence-corrected chi connectivity index (χ0v) is 15.3. The molecule has 0 unspecified atom stereocenters. The summed E-state index contributed by atoms with van der Waals surface area (Å²) in [5, 5.41) is 5.00. The summed E-state index contributed by atoms with van der Waals surface area (Å²) in [5.74, 6) is -2.43. The van der Waals surface area contributed by atoms with Crippen molar-refractivity contribution in [1.82, 2.24) is 24.7 Å². The Morgan fingerprint density at radius 1 is 1.21 bits per heavy atom. The molecule has 146 valence electrons. The molecule has 0 radical (unpaired) electrons. The van der Waals surface area contributed by atoms with Gasteiger partial charge in [-0.25, -0.2) is 23.2 Å². The number of aromatic amines is 2. The number of aromatic nitrogens is 5. The van der Waals surface area contributed by atoms with Gasteiger partial charge in [0, 0.05) is 18.9 Å². The second kappa shape index (κ2) is 5.63. The van der Waals surface area contributed by atoms with Crippen molar-refractivity contribution in [2.75, 3.05) is 18.0 Å². The van der Waals surface area contributed by atoms with Gasteiger partial charge in [-0.15, -0.1) is 0 Å². The lowest BCUT2D eigenvalue weighted by atomic mass is 9.66. The molecule has 11 heteroatoms. The first-order valence-corrected chi connectivity index (χ1v) is 9.17. The predicted molar refractivity (Wildman–Crippen MR) is 98.6 cm³/mol. The van der Waals surface area contributed by atoms with E-state index in [1.165, 1.54) is 23.3 Å². The maximum absolute atomic E-state index is 14.6. The van der Waals surface area contributed by atoms with Gasteiger partial charge in [0.15, 0.2) is 0 Å². The van der Waals surface area contributed by atoms with E-state index in [0.29, 0.717) is 29.6 Å². The molecule has 0 atom stereocenters. The average Bonchev–Trinajstić information content (AvgIpc) is 3.14. The maximum Gasteiger partial charge on any atom is 0.325 e. The van der Waals surface area contributed by atoms with Gasteiger partial charge in [-0.2, -0.15) is 5.10 Å². The van der Waals surface area contributed by atoms with Crippen molar-refractivity contribution in [3.8, 4) is 5.69 Å². The van der Waals surface area contributed by atoms with E-state index in [0.717, 1.165) is 6.42 Å². The molecule has 0 amide bonds. The van der Waals surface area contributed by atoms with Gasteiger partial charge in [0.1, 0.15) is 17.0 Å². The van der Waals surface area contributed by atoms with Gasteiger partial charge >= 0.3 is 5.69 Å². The van der Waals surface area contributed by atoms with Gasteiger partial charge in [0.05, 0.1) is 28.6 Å². The fourth-order valence-corrected chi connectivity index (χ4v) is 4.32. The van der Waals surface area contributed by atoms with E-state index in [-0.39, 0.29) is 17.3 Å². The van der Waals surface area contributed by atoms with Crippen molar-refractivity contribution in [3.63, 3.8) is 0 Å². The minimum absolute atomic E-state index is 0.0695. The second-order valence-corrected chi connectivity index (χ2v) is 7.82. The molecular formula is C17H15ClF2N6O2. The summed E-state index contributed by atoms with van der Waals surface area (Å²) in [7, 11) is 0. The van der Waals surface area contributed by atoms with Crippen LogP contribution in [0.2, 0.25) is 5.02 Å². The summed E-state index contributed by atoms with van der Waals surface area (Å²) in [4.78, 5) is 33.6. The number of halogens is 3. The van der Waals surface area contributed by atoms with E-state index in [1.807, 2.05) is 0 Å². The minimum atomic E-state index is -2.79. The fourth-order valence-electron chi connectivity index (χ4n) is 4.13. The summed E-state index contributed by atoms with van der Waals surface area (Å²) >= 11 is 6.20. The Morgan fingerprint density at radius 3 is 2.64 bits per heavy atom. The molecule has 1 aliphatic carbocycles. The standard InChI is InChI=1S/C17H15ClF2N6O2/c18-10-4-21-13(25-7-16(2-1-3-16)17(19,20)8-25)9-6-26(24-12(9)10)11-5-22-15(28)23-14(11)27/h4-6H,1-3,7-8H2,(H2,22,23,27,28). The average molecular weight is 409 g/mol. The number of hydrogen-bond donors (Lipinski definition) is 2. The highest BCUT2D eigenvalue weighted by molar-refractivity contribution is 6.35. The third kappa shape index (κ3) is 2.33. The molecule has 0 aromatic carbocycles. The van der Waals surface area contributed by atoms with E-state index in [9.17, 15) is 18.4 Å². The fraction of sp³-hybridized carbons (Fsp3) is 0.412. The normalized spacial score (nSPS) is 20.0. The number of nitrogens with zero attached hydrogens (tertiary/aromatic N) is 4. The maximum atomic E-state index is 14.6. The van der Waals surface area contributed by atoms with Crippen LogP contribution in [0.15, 0.2) is 28.2 Å². The molecule has 5 rings (SSSR count). The summed E-state index contributed by atoms with van der Waals surface area (Å²) < 4.78 is 30.5. The molecule has 1 aliphatic heterocycles. The molecule has 0 bridgehead atoms. The van der Waals surface area contributed by atoms with Crippen molar-refractivity contribution in [1.29, 1.82) is 0 Å². The molecule has 4 heterocycles. The highest BCUT2D eigenvalue weighted by Crippen LogP contribution is 2.57. The Bertz CT molecular complexity index is 1210. The highest BCUT2D eigenvalue weighted by atomic mass is 35.5. The van der Waals surface area contributed by atoms with Crippen LogP contribution >= 0.6 is 11.6 Å². The predicted octanol–water partition coefficient (Wildman–Crippen LogP) is 2.08. The number of rotatable bonds is 2. The van der Waals surface area contributed by atoms with Crippen molar-refractivity contribution in [2.24, 2.45) is 5.41 Å². The SMILES string of the molecule is O=c1[nH]cc(-n2cc3c(N4CC(F)(F)C5(CCC5)C4)ncc(Cl)c3n2)c(=O)[nH]1. The molecule has 8 nitrogen and oxygen atoms in total. The largest absolute Gasteiger partial charge is 0.349 e. The molecule has 2 fully saturated rings. The Morgan fingerprint density at radius 2 is 2.00 bits per heavy atom. The van der Waals surface area contributed by atoms with Crippen LogP contribution in [0, 0.1) is 5.41 Å². The van der Waals surface area contributed by atoms with Crippen LogP contribution < -0.4 is 16.1 Å². The van der Waals surface area contributed by atoms with Gasteiger partial charge in [0.25, 0.3) is 11.5 Å². The summed E-state index contributed by atoms with van der Waals surface area (Å²) in [6.07, 6.45) is 5.91. The summed E-state index contributed by atoms with van der Waals surface area (Å²) in [6, 6.07) is 0. The summed E-state index contributed by atoms with van der Waals surface area (Å²) in [6.45, 7) is -0.199. The smallest absolute Gasteiger partial charge is 0.325 e. The van der Waals surface area contributed by atoms with Crippen LogP contribution in [-0.4, -0.2) is 43.7 Å². The molecule has 1 saturated carbocycles. The van der Waals surface area contributed by atoms with Crippen molar-refractivity contribution < 1.29 is 8.78 Å². The van der Waals surface area contributed by atoms with E-state index in [1.54, 1.807) is 4.90 Å². The van der Waals surface area contributed by atoms with E-state index >= 15 is 0 Å². The third-order valence-electron chi connectivity index (χ3n) is 5.80. The molecular weight excluding hydrogens is 394 g/mol. The van der Waals surface area contributed by atoms with Gasteiger partial charge in [-0.1, -0.05) is 18.0 Å². The van der Waals surface area contributed by atoms with Crippen LogP contribution in [0.3, 0.4) is 0 Å². The van der Waals surface area contributed by atoms with Crippen molar-refractivity contribution in [3.05, 3.63) is 44.5 Å². The quantitative estimate of drug-likeness (QED) is 0.676. The molecule has 2 aliphatic rings. The Labute approximate surface area is 161 Å². The Balaban J connectivity index is 1.63. The van der Waals surface area contributed by atoms with Crippen molar-refractivity contribution >= 4 is 28.3 Å². The summed E-state index contributed by atoms with van der Waals surface area (Å²) in [5.41, 5.74) is -1.86. The number of anilines is 1. The van der Waals surface area contributed by atoms with E-state index in [4.69, 9.17) is 11.6 Å². The Hall–Kier alpha value is -2.75. The van der Waals surface area contributed by atoms with Crippen LogP contribution in [-0.2, 0) is 0 Å². The van der Waals surface area contributed by atoms with Gasteiger partial charge in [-0.05, 0) is 12.8 Å². The highest BCUT2D eigenvalue weighted by Gasteiger charge is 2.63. The lowest BCUT2D eigenvalue weighted by Gasteiger charge is -2.41. The number of nitrogens with one attached hydrogen (secondary N) is 2. The first kappa shape index (κ1) is 17.4. The lowest BCUT2D eigenvalue weighted by molar-refractivity contribution is -0.122. The second-order valence-electron chi connectivity index (χ2n) is 7.42. The topological polar surface area (TPSA) is 99.7 Å². The lowest BCUT2D eigenvalue weighted by Crippen LogP contribution is -2.45. The van der Waals surface area contributed by atoms with Crippen molar-refractivity contribution in [2.45, 2.75) is 25.2 Å². The van der Waals surface area contributed by atoms with Gasteiger partial charge in [0.2, 0.25) is 0 Å². The molecule has 28 heavy (non-hydrogen) atoms. The zero-order chi connectivity index (χ0) is 19.7. The zero-order valence-electron chi connectivity index (χ0n) is 14.5. The monoisotopic (exact) mass is 408 g/mol. The molecule has 1 saturated heterocycles. The number of hydrogen-bond acceptors (Lipinski definition) is 5. The third-order valence-corrected chi connectivity index (χ3v) is 6.07. The van der Waals surface area contributed by atoms with Crippen LogP contribution in [0.5, 0.6) is 0 Å². The number of H-pyrrole nitrogens is 2. The molecule has 1 spiro atoms. The number of fused-ring (bicyclic) bond motifs is 1. The first-order valence-electron chi connectivity index (χ1n) is 8.79. The van der Waals surface area contributed by atoms with Gasteiger partial charge < -0.3 is 9.88 Å². The van der Waals surface area contributed by atoms with E-state index < -0.39 is 29.1 Å². The first-order chi connectivity index (χ1) is 13.3. The Kier molecular flexibility index (Phi) is 3.49. The molecule has 3 aromatic heterocycles. The molecule has 2 N–H and O–H groups in total. The molecule has 3 aromatic rings. The minimum Gasteiger partial charge on any atom is -0.349 e. The van der Waals surface area contributed by atoms with Crippen LogP contribution in [0.1, 0.15) is 19.3 Å². The number of pyridine rings is 1.